The predicted molar refractivity (Wildman–Crippen MR) is 71.4 cm³/mol. The van der Waals surface area contributed by atoms with Crippen LogP contribution in [0.1, 0.15) is 11.7 Å². The van der Waals surface area contributed by atoms with Crippen molar-refractivity contribution in [3.8, 4) is 0 Å². The van der Waals surface area contributed by atoms with Crippen LogP contribution in [-0.4, -0.2) is 59.5 Å². The summed E-state index contributed by atoms with van der Waals surface area (Å²) in [6.45, 7) is 3.93. The molecule has 4 rings (SSSR count). The second-order valence-electron chi connectivity index (χ2n) is 4.72. The number of hydrogen-bond donors (Lipinski definition) is 0. The van der Waals surface area contributed by atoms with E-state index in [1.165, 1.54) is 0 Å². The van der Waals surface area contributed by atoms with Crippen LogP contribution in [0, 0.1) is 0 Å². The Hall–Kier alpha value is -0.437. The van der Waals surface area contributed by atoms with Gasteiger partial charge >= 0.3 is 117 Å². The van der Waals surface area contributed by atoms with Gasteiger partial charge in [0.05, 0.1) is 0 Å². The minimum absolute atomic E-state index is 0.0400. The minimum atomic E-state index is -3.54. The zero-order valence-corrected chi connectivity index (χ0v) is 13.2. The van der Waals surface area contributed by atoms with Gasteiger partial charge in [0.15, 0.2) is 0 Å². The van der Waals surface area contributed by atoms with Crippen molar-refractivity contribution in [2.75, 3.05) is 40.0 Å². The molecule has 1 aromatic carbocycles. The molecule has 1 atom stereocenters. The first-order chi connectivity index (χ1) is 9.31. The average molecular weight is 326 g/mol. The van der Waals surface area contributed by atoms with E-state index in [0.29, 0.717) is 13.2 Å². The van der Waals surface area contributed by atoms with Gasteiger partial charge < -0.3 is 0 Å². The fourth-order valence-corrected chi connectivity index (χ4v) is 6.22. The summed E-state index contributed by atoms with van der Waals surface area (Å²) in [5.41, 5.74) is 1.15. The summed E-state index contributed by atoms with van der Waals surface area (Å²) >= 11 is -3.54. The van der Waals surface area contributed by atoms with Crippen molar-refractivity contribution in [1.82, 2.24) is 4.90 Å². The number of benzene rings is 1. The van der Waals surface area contributed by atoms with Gasteiger partial charge in [-0.15, -0.1) is 0 Å². The Labute approximate surface area is 117 Å². The normalized spacial score (nSPS) is 35.4. The first-order valence-corrected chi connectivity index (χ1v) is 10.0. The molecule has 104 valence electrons. The van der Waals surface area contributed by atoms with Gasteiger partial charge in [-0.05, 0) is 0 Å². The Kier molecular flexibility index (Phi) is 4.21. The van der Waals surface area contributed by atoms with Crippen molar-refractivity contribution in [3.05, 3.63) is 35.9 Å². The molecule has 0 radical (unpaired) electrons. The summed E-state index contributed by atoms with van der Waals surface area (Å²) in [4.78, 5) is 2.32. The zero-order valence-electron chi connectivity index (χ0n) is 11.1. The van der Waals surface area contributed by atoms with Gasteiger partial charge in [0.25, 0.3) is 0 Å². The van der Waals surface area contributed by atoms with E-state index in [2.05, 4.69) is 17.0 Å². The Morgan fingerprint density at radius 3 is 2.47 bits per heavy atom. The number of rotatable bonds is 2. The molecule has 0 aromatic heterocycles. The molecule has 5 nitrogen and oxygen atoms in total. The molecule has 1 unspecified atom stereocenters. The van der Waals surface area contributed by atoms with E-state index in [9.17, 15) is 0 Å². The monoisotopic (exact) mass is 327 g/mol. The van der Waals surface area contributed by atoms with Crippen LogP contribution in [0.15, 0.2) is 30.3 Å². The number of fused-ring (bicyclic) bond motifs is 6. The summed E-state index contributed by atoms with van der Waals surface area (Å²) in [6, 6.07) is 10.2. The molecule has 1 aromatic rings. The summed E-state index contributed by atoms with van der Waals surface area (Å²) < 4.78 is 23.3. The van der Waals surface area contributed by atoms with Gasteiger partial charge in [-0.1, -0.05) is 0 Å². The molecule has 3 saturated heterocycles. The van der Waals surface area contributed by atoms with Crippen molar-refractivity contribution >= 4 is 14.6 Å². The Morgan fingerprint density at radius 1 is 1.16 bits per heavy atom. The molecule has 0 saturated carbocycles. The van der Waals surface area contributed by atoms with Gasteiger partial charge in [-0.3, -0.25) is 0 Å². The van der Waals surface area contributed by atoms with Crippen LogP contribution in [0.25, 0.3) is 0 Å². The summed E-state index contributed by atoms with van der Waals surface area (Å²) in [5.74, 6) is 0. The van der Waals surface area contributed by atoms with Crippen molar-refractivity contribution in [2.45, 2.75) is 6.10 Å². The summed E-state index contributed by atoms with van der Waals surface area (Å²) in [7, 11) is 1.63. The maximum absolute atomic E-state index is 6.16. The van der Waals surface area contributed by atoms with E-state index in [-0.39, 0.29) is 6.10 Å². The summed E-state index contributed by atoms with van der Waals surface area (Å²) in [5, 5.41) is 0. The van der Waals surface area contributed by atoms with Crippen molar-refractivity contribution in [2.24, 2.45) is 0 Å². The average Bonchev–Trinajstić information content (AvgIpc) is 2.39. The van der Waals surface area contributed by atoms with E-state index >= 15 is 0 Å². The molecule has 19 heavy (non-hydrogen) atoms. The topological polar surface area (TPSA) is 40.2 Å². The van der Waals surface area contributed by atoms with Crippen LogP contribution in [0.4, 0.5) is 0 Å². The molecule has 0 N–H and O–H groups in total. The molecule has 3 aliphatic rings. The van der Waals surface area contributed by atoms with E-state index in [1.54, 1.807) is 7.11 Å². The molecule has 3 fully saturated rings. The fraction of sp³-hybridized carbons (Fsp3) is 0.538. The van der Waals surface area contributed by atoms with Crippen molar-refractivity contribution < 1.29 is 15.1 Å². The number of hydrogen-bond acceptors (Lipinski definition) is 5. The van der Waals surface area contributed by atoms with E-state index in [4.69, 9.17) is 15.1 Å². The third-order valence-corrected chi connectivity index (χ3v) is 8.10. The molecule has 6 heteroatoms. The standard InChI is InChI=1S/C13H19GeNO4/c1-16-14-17-9-7-15(8-10-18-14)11-13(19-14)12-5-3-2-4-6-12/h2-6,13H,7-11H2,1H3. The van der Waals surface area contributed by atoms with Gasteiger partial charge in [0.2, 0.25) is 0 Å². The van der Waals surface area contributed by atoms with Crippen LogP contribution in [0.3, 0.4) is 0 Å². The van der Waals surface area contributed by atoms with Crippen LogP contribution in [-0.2, 0) is 15.1 Å². The first kappa shape index (κ1) is 13.5. The first-order valence-electron chi connectivity index (χ1n) is 6.59. The van der Waals surface area contributed by atoms with Crippen LogP contribution in [0.2, 0.25) is 0 Å². The SMILES string of the molecule is C[O][Ge]12[O]CCN(CC[O]1)CC(c1ccccc1)[O]2. The van der Waals surface area contributed by atoms with Gasteiger partial charge in [0, 0.05) is 0 Å². The Bertz CT molecular complexity index is 406. The molecule has 2 bridgehead atoms. The second kappa shape index (κ2) is 5.91. The molecular weight excluding hydrogens is 307 g/mol. The van der Waals surface area contributed by atoms with E-state index in [1.807, 2.05) is 18.2 Å². The third-order valence-electron chi connectivity index (χ3n) is 3.50. The Balaban J connectivity index is 1.88. The molecule has 3 aliphatic heterocycles. The predicted octanol–water partition coefficient (Wildman–Crippen LogP) is 1.19. The van der Waals surface area contributed by atoms with Crippen molar-refractivity contribution in [1.29, 1.82) is 0 Å². The zero-order chi connectivity index (χ0) is 13.1. The van der Waals surface area contributed by atoms with Crippen LogP contribution < -0.4 is 0 Å². The molecule has 0 amide bonds. The molecule has 0 aliphatic carbocycles. The van der Waals surface area contributed by atoms with Crippen LogP contribution >= 0.6 is 0 Å². The molecule has 3 heterocycles. The van der Waals surface area contributed by atoms with Crippen LogP contribution in [0.5, 0.6) is 0 Å². The van der Waals surface area contributed by atoms with Gasteiger partial charge in [0.1, 0.15) is 0 Å². The molecule has 0 spiro atoms. The van der Waals surface area contributed by atoms with Crippen molar-refractivity contribution in [3.63, 3.8) is 0 Å². The number of nitrogens with zero attached hydrogens (tertiary/aromatic N) is 1. The third kappa shape index (κ3) is 3.01. The second-order valence-corrected chi connectivity index (χ2v) is 9.38. The summed E-state index contributed by atoms with van der Waals surface area (Å²) in [6.07, 6.45) is -0.0400. The fourth-order valence-electron chi connectivity index (χ4n) is 2.46. The van der Waals surface area contributed by atoms with E-state index < -0.39 is 14.6 Å². The Morgan fingerprint density at radius 2 is 1.84 bits per heavy atom. The van der Waals surface area contributed by atoms with E-state index in [0.717, 1.165) is 25.2 Å². The quantitative estimate of drug-likeness (QED) is 0.764. The van der Waals surface area contributed by atoms with Gasteiger partial charge in [-0.2, -0.15) is 0 Å². The maximum atomic E-state index is 6.16. The molecular formula is C13H19GeNO4. The van der Waals surface area contributed by atoms with Gasteiger partial charge in [-0.25, -0.2) is 0 Å².